The summed E-state index contributed by atoms with van der Waals surface area (Å²) in [6, 6.07) is 16.8. The van der Waals surface area contributed by atoms with E-state index in [1.807, 2.05) is 0 Å². The van der Waals surface area contributed by atoms with Crippen molar-refractivity contribution in [3.63, 3.8) is 0 Å². The fourth-order valence-corrected chi connectivity index (χ4v) is 4.08. The van der Waals surface area contributed by atoms with E-state index in [9.17, 15) is 4.79 Å². The van der Waals surface area contributed by atoms with Crippen molar-refractivity contribution in [2.45, 2.75) is 98.4 Å². The number of ether oxygens (including phenoxy) is 1. The van der Waals surface area contributed by atoms with Crippen LogP contribution in [-0.4, -0.2) is 36.9 Å². The molecule has 190 valence electrons. The molecule has 1 saturated heterocycles. The van der Waals surface area contributed by atoms with Gasteiger partial charge in [0.05, 0.1) is 7.11 Å². The molecule has 2 aliphatic rings. The lowest BCUT2D eigenvalue weighted by atomic mass is 10.1. The Kier molecular flexibility index (Phi) is 16.0. The standard InChI is InChI=1S/C13H17N.C9H10O2.C5H12.C4H10/c1-2-6-12-10-13(9-11(12)5-1)14-7-3-4-8-14;1-7(10)8-3-5-9(11-2)6-4-8;1-3-5-4-2;1-3-4-2/h1-2,5-6,13H,3-4,7-10H2;3-6H,1-2H3;3-5H2,1-2H3;3-4H2,1-2H3. The molecule has 2 aromatic rings. The second kappa shape index (κ2) is 18.2. The first-order chi connectivity index (χ1) is 16.5. The van der Waals surface area contributed by atoms with Gasteiger partial charge in [0, 0.05) is 11.6 Å². The van der Waals surface area contributed by atoms with Crippen molar-refractivity contribution in [1.82, 2.24) is 4.90 Å². The van der Waals surface area contributed by atoms with Crippen LogP contribution in [0.4, 0.5) is 0 Å². The Labute approximate surface area is 209 Å². The van der Waals surface area contributed by atoms with E-state index in [-0.39, 0.29) is 5.78 Å². The Morgan fingerprint density at radius 2 is 1.32 bits per heavy atom. The Hall–Kier alpha value is -2.13. The van der Waals surface area contributed by atoms with Crippen molar-refractivity contribution in [2.75, 3.05) is 20.2 Å². The number of hydrogen-bond donors (Lipinski definition) is 0. The first-order valence-corrected chi connectivity index (χ1v) is 13.5. The fourth-order valence-electron chi connectivity index (χ4n) is 4.08. The fraction of sp³-hybridized carbons (Fsp3) is 0.581. The Balaban J connectivity index is 0.000000258. The zero-order valence-electron chi connectivity index (χ0n) is 22.7. The number of hydrogen-bond acceptors (Lipinski definition) is 3. The van der Waals surface area contributed by atoms with Crippen molar-refractivity contribution in [3.05, 3.63) is 65.2 Å². The molecule has 3 nitrogen and oxygen atoms in total. The highest BCUT2D eigenvalue weighted by Crippen LogP contribution is 2.27. The van der Waals surface area contributed by atoms with Crippen LogP contribution in [0.3, 0.4) is 0 Å². The van der Waals surface area contributed by atoms with Crippen molar-refractivity contribution < 1.29 is 9.53 Å². The third-order valence-corrected chi connectivity index (χ3v) is 6.39. The molecule has 0 N–H and O–H groups in total. The number of ketones is 1. The summed E-state index contributed by atoms with van der Waals surface area (Å²) < 4.78 is 4.94. The number of fused-ring (bicyclic) bond motifs is 1. The van der Waals surface area contributed by atoms with Crippen LogP contribution in [0, 0.1) is 0 Å². The van der Waals surface area contributed by atoms with Crippen LogP contribution < -0.4 is 4.74 Å². The molecular formula is C31H49NO2. The van der Waals surface area contributed by atoms with Crippen LogP contribution in [0.5, 0.6) is 5.75 Å². The highest BCUT2D eigenvalue weighted by molar-refractivity contribution is 5.94. The third kappa shape index (κ3) is 11.3. The van der Waals surface area contributed by atoms with Crippen LogP contribution in [0.25, 0.3) is 0 Å². The zero-order valence-corrected chi connectivity index (χ0v) is 22.7. The first-order valence-electron chi connectivity index (χ1n) is 13.5. The van der Waals surface area contributed by atoms with Gasteiger partial charge >= 0.3 is 0 Å². The van der Waals surface area contributed by atoms with E-state index in [1.54, 1.807) is 49.4 Å². The maximum atomic E-state index is 10.8. The number of Topliss-reactive ketones (excluding diaryl/α,β-unsaturated/α-hetero) is 1. The second-order valence-electron chi connectivity index (χ2n) is 9.21. The van der Waals surface area contributed by atoms with E-state index in [0.717, 1.165) is 11.8 Å². The molecule has 34 heavy (non-hydrogen) atoms. The SMILES string of the molecule is CCCC.CCCCC.COc1ccc(C(C)=O)cc1.c1ccc2c(c1)CC(N1CCCC1)C2. The third-order valence-electron chi connectivity index (χ3n) is 6.39. The molecule has 1 fully saturated rings. The van der Waals surface area contributed by atoms with Gasteiger partial charge in [-0.3, -0.25) is 9.69 Å². The van der Waals surface area contributed by atoms with Gasteiger partial charge in [-0.15, -0.1) is 0 Å². The van der Waals surface area contributed by atoms with E-state index >= 15 is 0 Å². The summed E-state index contributed by atoms with van der Waals surface area (Å²) in [7, 11) is 1.60. The summed E-state index contributed by atoms with van der Waals surface area (Å²) in [5, 5.41) is 0. The largest absolute Gasteiger partial charge is 0.497 e. The predicted molar refractivity (Wildman–Crippen MR) is 147 cm³/mol. The first kappa shape index (κ1) is 29.9. The lowest BCUT2D eigenvalue weighted by Gasteiger charge is -2.22. The maximum Gasteiger partial charge on any atom is 0.159 e. The van der Waals surface area contributed by atoms with E-state index < -0.39 is 0 Å². The smallest absolute Gasteiger partial charge is 0.159 e. The summed E-state index contributed by atoms with van der Waals surface area (Å²) in [5.74, 6) is 0.850. The number of rotatable bonds is 6. The molecular weight excluding hydrogens is 418 g/mol. The molecule has 0 aromatic heterocycles. The van der Waals surface area contributed by atoms with E-state index in [4.69, 9.17) is 4.74 Å². The van der Waals surface area contributed by atoms with Gasteiger partial charge in [0.15, 0.2) is 5.78 Å². The molecule has 0 atom stereocenters. The van der Waals surface area contributed by atoms with Crippen molar-refractivity contribution in [1.29, 1.82) is 0 Å². The quantitative estimate of drug-likeness (QED) is 0.401. The number of likely N-dealkylation sites (tertiary alicyclic amines) is 1. The minimum absolute atomic E-state index is 0.0765. The normalized spacial score (nSPS) is 14.5. The molecule has 0 bridgehead atoms. The van der Waals surface area contributed by atoms with Gasteiger partial charge in [0.25, 0.3) is 0 Å². The maximum absolute atomic E-state index is 10.8. The summed E-state index contributed by atoms with van der Waals surface area (Å²) in [5.41, 5.74) is 3.89. The van der Waals surface area contributed by atoms with Crippen LogP contribution in [0.1, 0.15) is 101 Å². The highest BCUT2D eigenvalue weighted by Gasteiger charge is 2.27. The highest BCUT2D eigenvalue weighted by atomic mass is 16.5. The minimum atomic E-state index is 0.0765. The number of benzene rings is 2. The van der Waals surface area contributed by atoms with Crippen LogP contribution in [-0.2, 0) is 12.8 Å². The van der Waals surface area contributed by atoms with E-state index in [0.29, 0.717) is 5.56 Å². The van der Waals surface area contributed by atoms with Crippen molar-refractivity contribution in [2.24, 2.45) is 0 Å². The van der Waals surface area contributed by atoms with Gasteiger partial charge in [0.1, 0.15) is 5.75 Å². The number of methoxy groups -OCH3 is 1. The molecule has 1 aliphatic heterocycles. The van der Waals surface area contributed by atoms with E-state index in [1.165, 1.54) is 70.9 Å². The summed E-state index contributed by atoms with van der Waals surface area (Å²) >= 11 is 0. The Morgan fingerprint density at radius 3 is 1.68 bits per heavy atom. The molecule has 0 amide bonds. The minimum Gasteiger partial charge on any atom is -0.497 e. The predicted octanol–water partition coefficient (Wildman–Crippen LogP) is 8.15. The molecule has 0 spiro atoms. The molecule has 3 heteroatoms. The number of carbonyl (C=O) groups excluding carboxylic acids is 1. The average molecular weight is 468 g/mol. The average Bonchev–Trinajstić information content (AvgIpc) is 3.55. The summed E-state index contributed by atoms with van der Waals surface area (Å²) in [6.45, 7) is 13.0. The number of unbranched alkanes of at least 4 members (excludes halogenated alkanes) is 3. The van der Waals surface area contributed by atoms with Gasteiger partial charge in [0.2, 0.25) is 0 Å². The number of carbonyl (C=O) groups is 1. The molecule has 0 radical (unpaired) electrons. The van der Waals surface area contributed by atoms with Crippen molar-refractivity contribution >= 4 is 5.78 Å². The van der Waals surface area contributed by atoms with Gasteiger partial charge in [-0.25, -0.2) is 0 Å². The lowest BCUT2D eigenvalue weighted by molar-refractivity contribution is 0.101. The molecule has 1 heterocycles. The van der Waals surface area contributed by atoms with Crippen LogP contribution in [0.15, 0.2) is 48.5 Å². The second-order valence-corrected chi connectivity index (χ2v) is 9.21. The molecule has 2 aromatic carbocycles. The van der Waals surface area contributed by atoms with Crippen molar-refractivity contribution in [3.8, 4) is 5.75 Å². The molecule has 1 aliphatic carbocycles. The summed E-state index contributed by atoms with van der Waals surface area (Å²) in [6.07, 6.45) is 12.1. The van der Waals surface area contributed by atoms with Crippen LogP contribution >= 0.6 is 0 Å². The van der Waals surface area contributed by atoms with E-state index in [2.05, 4.69) is 56.9 Å². The van der Waals surface area contributed by atoms with Crippen LogP contribution in [0.2, 0.25) is 0 Å². The van der Waals surface area contributed by atoms with Gasteiger partial charge < -0.3 is 4.74 Å². The zero-order chi connectivity index (χ0) is 25.2. The molecule has 0 unspecified atom stereocenters. The lowest BCUT2D eigenvalue weighted by Crippen LogP contribution is -2.33. The summed E-state index contributed by atoms with van der Waals surface area (Å²) in [4.78, 5) is 13.5. The number of nitrogens with zero attached hydrogens (tertiary/aromatic N) is 1. The van der Waals surface area contributed by atoms with Gasteiger partial charge in [-0.1, -0.05) is 84.1 Å². The monoisotopic (exact) mass is 467 g/mol. The van der Waals surface area contributed by atoms with Gasteiger partial charge in [-0.05, 0) is 81.1 Å². The Morgan fingerprint density at radius 1 is 0.824 bits per heavy atom. The molecule has 0 saturated carbocycles. The Bertz CT molecular complexity index is 749. The molecule has 4 rings (SSSR count). The van der Waals surface area contributed by atoms with Gasteiger partial charge in [-0.2, -0.15) is 0 Å². The topological polar surface area (TPSA) is 29.5 Å².